The van der Waals surface area contributed by atoms with Crippen LogP contribution in [0.4, 0.5) is 0 Å². The first-order chi connectivity index (χ1) is 13.0. The van der Waals surface area contributed by atoms with E-state index in [4.69, 9.17) is 16.3 Å². The first kappa shape index (κ1) is 19.0. The van der Waals surface area contributed by atoms with E-state index in [1.54, 1.807) is 0 Å². The number of fused-ring (bicyclic) bond motifs is 1. The molecule has 3 aliphatic rings. The van der Waals surface area contributed by atoms with Crippen LogP contribution < -0.4 is 5.32 Å². The van der Waals surface area contributed by atoms with E-state index in [0.717, 1.165) is 56.7 Å². The largest absolute Gasteiger partial charge is 0.377 e. The van der Waals surface area contributed by atoms with E-state index in [1.165, 1.54) is 5.56 Å². The quantitative estimate of drug-likeness (QED) is 0.636. The van der Waals surface area contributed by atoms with Gasteiger partial charge in [0.1, 0.15) is 0 Å². The molecular formula is C21H31ClN4O. The summed E-state index contributed by atoms with van der Waals surface area (Å²) in [6.45, 7) is 10.6. The Labute approximate surface area is 167 Å². The van der Waals surface area contributed by atoms with Crippen LogP contribution in [0, 0.1) is 11.3 Å². The first-order valence-corrected chi connectivity index (χ1v) is 10.4. The predicted molar refractivity (Wildman–Crippen MR) is 110 cm³/mol. The molecular weight excluding hydrogens is 360 g/mol. The number of nitrogens with one attached hydrogen (secondary N) is 1. The summed E-state index contributed by atoms with van der Waals surface area (Å²) in [6.07, 6.45) is 1.57. The van der Waals surface area contributed by atoms with Gasteiger partial charge in [-0.1, -0.05) is 37.6 Å². The van der Waals surface area contributed by atoms with E-state index >= 15 is 0 Å². The van der Waals surface area contributed by atoms with Gasteiger partial charge in [0.2, 0.25) is 0 Å². The third-order valence-electron chi connectivity index (χ3n) is 6.59. The standard InChI is InChI=1S/C21H31ClN4O/c1-21(2)18(17-8-13-27-19(17)21)24-20(23-3)26-11-9-25(10-12-26)14-15-4-6-16(22)7-5-15/h4-7,17-19H,8-14H2,1-3H3,(H,23,24). The van der Waals surface area contributed by atoms with Crippen LogP contribution in [0.1, 0.15) is 25.8 Å². The van der Waals surface area contributed by atoms with E-state index in [2.05, 4.69) is 46.1 Å². The van der Waals surface area contributed by atoms with Gasteiger partial charge in [-0.25, -0.2) is 0 Å². The minimum Gasteiger partial charge on any atom is -0.377 e. The number of ether oxygens (including phenoxy) is 1. The van der Waals surface area contributed by atoms with Crippen molar-refractivity contribution in [3.05, 3.63) is 34.9 Å². The Balaban J connectivity index is 1.31. The third-order valence-corrected chi connectivity index (χ3v) is 6.84. The van der Waals surface area contributed by atoms with Gasteiger partial charge < -0.3 is 15.0 Å². The zero-order valence-corrected chi connectivity index (χ0v) is 17.4. The van der Waals surface area contributed by atoms with E-state index in [9.17, 15) is 0 Å². The second kappa shape index (κ2) is 7.61. The molecule has 2 saturated heterocycles. The molecule has 27 heavy (non-hydrogen) atoms. The highest BCUT2D eigenvalue weighted by molar-refractivity contribution is 6.30. The Morgan fingerprint density at radius 3 is 2.59 bits per heavy atom. The van der Waals surface area contributed by atoms with Gasteiger partial charge in [-0.15, -0.1) is 0 Å². The van der Waals surface area contributed by atoms with E-state index in [1.807, 2.05) is 19.2 Å². The van der Waals surface area contributed by atoms with Crippen LogP contribution in [0.2, 0.25) is 5.02 Å². The van der Waals surface area contributed by atoms with Crippen molar-refractivity contribution >= 4 is 17.6 Å². The number of benzene rings is 1. The van der Waals surface area contributed by atoms with Crippen molar-refractivity contribution in [1.29, 1.82) is 0 Å². The molecule has 2 heterocycles. The molecule has 3 unspecified atom stereocenters. The van der Waals surface area contributed by atoms with Crippen molar-refractivity contribution in [3.63, 3.8) is 0 Å². The fourth-order valence-electron chi connectivity index (χ4n) is 5.02. The molecule has 1 aliphatic carbocycles. The van der Waals surface area contributed by atoms with Gasteiger partial charge in [0.15, 0.2) is 5.96 Å². The monoisotopic (exact) mass is 390 g/mol. The zero-order valence-electron chi connectivity index (χ0n) is 16.6. The maximum absolute atomic E-state index is 5.99. The molecule has 1 N–H and O–H groups in total. The molecule has 1 saturated carbocycles. The normalized spacial score (nSPS) is 30.7. The van der Waals surface area contributed by atoms with Crippen LogP contribution >= 0.6 is 11.6 Å². The number of halogens is 1. The Hall–Kier alpha value is -1.30. The van der Waals surface area contributed by atoms with Gasteiger partial charge in [0, 0.05) is 68.8 Å². The summed E-state index contributed by atoms with van der Waals surface area (Å²) < 4.78 is 5.93. The summed E-state index contributed by atoms with van der Waals surface area (Å²) >= 11 is 5.99. The number of rotatable bonds is 3. The second-order valence-electron chi connectivity index (χ2n) is 8.62. The molecule has 1 aromatic carbocycles. The average molecular weight is 391 g/mol. The fraction of sp³-hybridized carbons (Fsp3) is 0.667. The highest BCUT2D eigenvalue weighted by atomic mass is 35.5. The topological polar surface area (TPSA) is 40.1 Å². The molecule has 4 rings (SSSR count). The molecule has 0 spiro atoms. The Morgan fingerprint density at radius 1 is 1.22 bits per heavy atom. The average Bonchev–Trinajstić information content (AvgIpc) is 3.12. The van der Waals surface area contributed by atoms with Gasteiger partial charge in [-0.05, 0) is 24.1 Å². The van der Waals surface area contributed by atoms with Crippen molar-refractivity contribution in [2.75, 3.05) is 39.8 Å². The molecule has 1 aromatic rings. The Bertz CT molecular complexity index is 682. The van der Waals surface area contributed by atoms with Gasteiger partial charge in [-0.2, -0.15) is 0 Å². The number of aliphatic imine (C=N–C) groups is 1. The molecule has 3 fully saturated rings. The van der Waals surface area contributed by atoms with Crippen LogP contribution in [0.3, 0.4) is 0 Å². The van der Waals surface area contributed by atoms with Crippen LogP contribution in [0.5, 0.6) is 0 Å². The van der Waals surface area contributed by atoms with Crippen LogP contribution in [0.15, 0.2) is 29.3 Å². The minimum atomic E-state index is 0.174. The lowest BCUT2D eigenvalue weighted by molar-refractivity contribution is -0.107. The van der Waals surface area contributed by atoms with Crippen molar-refractivity contribution < 1.29 is 4.74 Å². The van der Waals surface area contributed by atoms with Gasteiger partial charge in [0.25, 0.3) is 0 Å². The smallest absolute Gasteiger partial charge is 0.193 e. The fourth-order valence-corrected chi connectivity index (χ4v) is 5.15. The van der Waals surface area contributed by atoms with Gasteiger partial charge >= 0.3 is 0 Å². The van der Waals surface area contributed by atoms with Crippen LogP contribution in [-0.2, 0) is 11.3 Å². The van der Waals surface area contributed by atoms with Gasteiger partial charge in [-0.3, -0.25) is 9.89 Å². The second-order valence-corrected chi connectivity index (χ2v) is 9.06. The van der Waals surface area contributed by atoms with Crippen molar-refractivity contribution in [2.45, 2.75) is 39.0 Å². The molecule has 0 bridgehead atoms. The molecule has 2 aliphatic heterocycles. The molecule has 0 radical (unpaired) electrons. The highest BCUT2D eigenvalue weighted by Crippen LogP contribution is 2.52. The maximum atomic E-state index is 5.99. The molecule has 0 aromatic heterocycles. The summed E-state index contributed by atoms with van der Waals surface area (Å²) in [5.74, 6) is 1.67. The molecule has 148 valence electrons. The van der Waals surface area contributed by atoms with Gasteiger partial charge in [0.05, 0.1) is 6.10 Å². The predicted octanol–water partition coefficient (Wildman–Crippen LogP) is 2.85. The van der Waals surface area contributed by atoms with E-state index in [0.29, 0.717) is 18.1 Å². The summed E-state index contributed by atoms with van der Waals surface area (Å²) in [6, 6.07) is 8.64. The Morgan fingerprint density at radius 2 is 1.93 bits per heavy atom. The minimum absolute atomic E-state index is 0.174. The van der Waals surface area contributed by atoms with E-state index < -0.39 is 0 Å². The third kappa shape index (κ3) is 3.69. The summed E-state index contributed by atoms with van der Waals surface area (Å²) in [5.41, 5.74) is 1.49. The molecule has 0 amide bonds. The number of hydrogen-bond donors (Lipinski definition) is 1. The number of hydrogen-bond acceptors (Lipinski definition) is 3. The lowest BCUT2D eigenvalue weighted by Crippen LogP contribution is -2.68. The van der Waals surface area contributed by atoms with Crippen molar-refractivity contribution in [1.82, 2.24) is 15.1 Å². The van der Waals surface area contributed by atoms with Crippen molar-refractivity contribution in [3.8, 4) is 0 Å². The summed E-state index contributed by atoms with van der Waals surface area (Å²) in [7, 11) is 1.90. The number of guanidine groups is 1. The Kier molecular flexibility index (Phi) is 5.36. The maximum Gasteiger partial charge on any atom is 0.193 e. The zero-order chi connectivity index (χ0) is 19.0. The summed E-state index contributed by atoms with van der Waals surface area (Å²) in [5, 5.41) is 4.57. The van der Waals surface area contributed by atoms with Crippen LogP contribution in [-0.4, -0.2) is 67.7 Å². The molecule has 5 nitrogen and oxygen atoms in total. The number of nitrogens with zero attached hydrogens (tertiary/aromatic N) is 3. The lowest BCUT2D eigenvalue weighted by atomic mass is 9.57. The van der Waals surface area contributed by atoms with Crippen molar-refractivity contribution in [2.24, 2.45) is 16.3 Å². The lowest BCUT2D eigenvalue weighted by Gasteiger charge is -2.55. The van der Waals surface area contributed by atoms with Crippen LogP contribution in [0.25, 0.3) is 0 Å². The SMILES string of the molecule is CN=C(NC1C2CCOC2C1(C)C)N1CCN(Cc2ccc(Cl)cc2)CC1. The van der Waals surface area contributed by atoms with E-state index in [-0.39, 0.29) is 5.41 Å². The highest BCUT2D eigenvalue weighted by Gasteiger charge is 2.59. The summed E-state index contributed by atoms with van der Waals surface area (Å²) in [4.78, 5) is 9.49. The molecule has 3 atom stereocenters. The first-order valence-electron chi connectivity index (χ1n) is 10.1. The number of piperazine rings is 1. The molecule has 6 heteroatoms.